The Labute approximate surface area is 121 Å². The van der Waals surface area contributed by atoms with E-state index in [-0.39, 0.29) is 11.9 Å². The zero-order valence-corrected chi connectivity index (χ0v) is 11.7. The predicted molar refractivity (Wildman–Crippen MR) is 76.0 cm³/mol. The minimum absolute atomic E-state index is 0.199. The Bertz CT molecular complexity index is 629. The third-order valence-corrected chi connectivity index (χ3v) is 3.48. The molecule has 0 aromatic heterocycles. The number of hydrogen-bond donors (Lipinski definition) is 2. The van der Waals surface area contributed by atoms with Crippen LogP contribution < -0.4 is 11.3 Å². The highest BCUT2D eigenvalue weighted by Gasteiger charge is 2.12. The molecule has 21 heavy (non-hydrogen) atoms. The van der Waals surface area contributed by atoms with Crippen LogP contribution in [-0.4, -0.2) is 6.04 Å². The number of hydrazine groups is 1. The van der Waals surface area contributed by atoms with E-state index >= 15 is 0 Å². The van der Waals surface area contributed by atoms with Crippen LogP contribution in [0.3, 0.4) is 0 Å². The van der Waals surface area contributed by atoms with Crippen molar-refractivity contribution < 1.29 is 13.2 Å². The zero-order valence-electron chi connectivity index (χ0n) is 11.7. The van der Waals surface area contributed by atoms with Crippen molar-refractivity contribution in [2.45, 2.75) is 25.8 Å². The lowest BCUT2D eigenvalue weighted by molar-refractivity contribution is 0.497. The molecular formula is C16H17F3N2. The van der Waals surface area contributed by atoms with Gasteiger partial charge in [0, 0.05) is 6.04 Å². The van der Waals surface area contributed by atoms with E-state index in [1.54, 1.807) is 6.07 Å². The summed E-state index contributed by atoms with van der Waals surface area (Å²) in [5.74, 6) is 3.44. The molecule has 2 aromatic carbocycles. The van der Waals surface area contributed by atoms with Crippen molar-refractivity contribution in [2.75, 3.05) is 0 Å². The van der Waals surface area contributed by atoms with Crippen molar-refractivity contribution in [1.29, 1.82) is 0 Å². The first-order valence-corrected chi connectivity index (χ1v) is 6.64. The van der Waals surface area contributed by atoms with E-state index in [1.807, 2.05) is 6.92 Å². The molecule has 1 unspecified atom stereocenters. The van der Waals surface area contributed by atoms with Gasteiger partial charge in [-0.1, -0.05) is 12.1 Å². The average molecular weight is 294 g/mol. The van der Waals surface area contributed by atoms with E-state index in [2.05, 4.69) is 5.43 Å². The molecule has 2 nitrogen and oxygen atoms in total. The van der Waals surface area contributed by atoms with Crippen LogP contribution in [0.4, 0.5) is 13.2 Å². The lowest BCUT2D eigenvalue weighted by Gasteiger charge is -2.17. The van der Waals surface area contributed by atoms with Gasteiger partial charge in [-0.2, -0.15) is 0 Å². The second kappa shape index (κ2) is 6.74. The van der Waals surface area contributed by atoms with Crippen LogP contribution in [0.25, 0.3) is 0 Å². The van der Waals surface area contributed by atoms with Crippen LogP contribution in [0, 0.1) is 24.4 Å². The maximum atomic E-state index is 13.3. The Hall–Kier alpha value is -1.85. The number of benzene rings is 2. The van der Waals surface area contributed by atoms with E-state index in [1.165, 1.54) is 18.2 Å². The summed E-state index contributed by atoms with van der Waals surface area (Å²) >= 11 is 0. The fourth-order valence-corrected chi connectivity index (χ4v) is 2.27. The lowest BCUT2D eigenvalue weighted by atomic mass is 9.96. The van der Waals surface area contributed by atoms with Gasteiger partial charge in [0.15, 0.2) is 11.6 Å². The highest BCUT2D eigenvalue weighted by molar-refractivity contribution is 5.28. The monoisotopic (exact) mass is 294 g/mol. The second-order valence-electron chi connectivity index (χ2n) is 5.09. The Balaban J connectivity index is 2.12. The van der Waals surface area contributed by atoms with Crippen molar-refractivity contribution in [3.8, 4) is 0 Å². The fraction of sp³-hybridized carbons (Fsp3) is 0.250. The molecular weight excluding hydrogens is 277 g/mol. The van der Waals surface area contributed by atoms with Gasteiger partial charge in [0.25, 0.3) is 0 Å². The van der Waals surface area contributed by atoms with Gasteiger partial charge in [0.05, 0.1) is 0 Å². The number of nitrogens with two attached hydrogens (primary N) is 1. The Kier molecular flexibility index (Phi) is 4.98. The molecule has 2 rings (SSSR count). The third kappa shape index (κ3) is 4.06. The van der Waals surface area contributed by atoms with E-state index in [0.29, 0.717) is 18.4 Å². The molecule has 0 fully saturated rings. The van der Waals surface area contributed by atoms with E-state index in [4.69, 9.17) is 5.84 Å². The number of nitrogens with one attached hydrogen (secondary N) is 1. The molecule has 0 saturated carbocycles. The maximum absolute atomic E-state index is 13.3. The fourth-order valence-electron chi connectivity index (χ4n) is 2.27. The van der Waals surface area contributed by atoms with E-state index in [0.717, 1.165) is 23.3 Å². The van der Waals surface area contributed by atoms with Crippen molar-refractivity contribution >= 4 is 0 Å². The smallest absolute Gasteiger partial charge is 0.159 e. The normalized spacial score (nSPS) is 12.4. The molecule has 0 radical (unpaired) electrons. The summed E-state index contributed by atoms with van der Waals surface area (Å²) in [7, 11) is 0. The summed E-state index contributed by atoms with van der Waals surface area (Å²) in [5, 5.41) is 0. The van der Waals surface area contributed by atoms with Crippen molar-refractivity contribution in [3.05, 3.63) is 70.5 Å². The summed E-state index contributed by atoms with van der Waals surface area (Å²) in [5.41, 5.74) is 5.07. The summed E-state index contributed by atoms with van der Waals surface area (Å²) in [6.07, 6.45) is 0.919. The molecule has 0 amide bonds. The molecule has 2 aromatic rings. The SMILES string of the molecule is Cc1ccc(F)cc1CC(Cc1ccc(F)c(F)c1)NN. The minimum atomic E-state index is -0.884. The standard InChI is InChI=1S/C16H17F3N2/c1-10-2-4-13(17)8-12(10)9-14(21-20)6-11-3-5-15(18)16(19)7-11/h2-5,7-8,14,21H,6,9,20H2,1H3. The van der Waals surface area contributed by atoms with Gasteiger partial charge >= 0.3 is 0 Å². The first-order chi connectivity index (χ1) is 9.99. The Morgan fingerprint density at radius 2 is 1.76 bits per heavy atom. The molecule has 112 valence electrons. The van der Waals surface area contributed by atoms with Crippen LogP contribution in [0.2, 0.25) is 0 Å². The summed E-state index contributed by atoms with van der Waals surface area (Å²) in [6, 6.07) is 8.13. The minimum Gasteiger partial charge on any atom is -0.271 e. The first-order valence-electron chi connectivity index (χ1n) is 6.64. The lowest BCUT2D eigenvalue weighted by Crippen LogP contribution is -2.38. The molecule has 0 heterocycles. The first kappa shape index (κ1) is 15.5. The molecule has 0 spiro atoms. The van der Waals surface area contributed by atoms with Gasteiger partial charge in [0.2, 0.25) is 0 Å². The quantitative estimate of drug-likeness (QED) is 0.657. The van der Waals surface area contributed by atoms with E-state index in [9.17, 15) is 13.2 Å². The van der Waals surface area contributed by atoms with Crippen molar-refractivity contribution in [3.63, 3.8) is 0 Å². The topological polar surface area (TPSA) is 38.0 Å². The Morgan fingerprint density at radius 3 is 2.43 bits per heavy atom. The van der Waals surface area contributed by atoms with E-state index < -0.39 is 11.6 Å². The van der Waals surface area contributed by atoms with Gasteiger partial charge in [-0.3, -0.25) is 11.3 Å². The van der Waals surface area contributed by atoms with Crippen molar-refractivity contribution in [1.82, 2.24) is 5.43 Å². The molecule has 0 bridgehead atoms. The van der Waals surface area contributed by atoms with Gasteiger partial charge in [-0.05, 0) is 60.7 Å². The average Bonchev–Trinajstić information content (AvgIpc) is 2.46. The molecule has 1 atom stereocenters. The Morgan fingerprint density at radius 1 is 1.00 bits per heavy atom. The molecule has 0 saturated heterocycles. The van der Waals surface area contributed by atoms with Crippen LogP contribution in [0.1, 0.15) is 16.7 Å². The zero-order chi connectivity index (χ0) is 15.4. The third-order valence-electron chi connectivity index (χ3n) is 3.48. The molecule has 0 aliphatic rings. The largest absolute Gasteiger partial charge is 0.271 e. The van der Waals surface area contributed by atoms with Crippen LogP contribution >= 0.6 is 0 Å². The summed E-state index contributed by atoms with van der Waals surface area (Å²) < 4.78 is 39.4. The molecule has 0 aliphatic carbocycles. The van der Waals surface area contributed by atoms with Gasteiger partial charge in [-0.25, -0.2) is 13.2 Å². The summed E-state index contributed by atoms with van der Waals surface area (Å²) in [6.45, 7) is 1.89. The molecule has 0 aliphatic heterocycles. The van der Waals surface area contributed by atoms with Gasteiger partial charge < -0.3 is 0 Å². The van der Waals surface area contributed by atoms with Crippen LogP contribution in [0.5, 0.6) is 0 Å². The number of aryl methyl sites for hydroxylation is 1. The second-order valence-corrected chi connectivity index (χ2v) is 5.09. The van der Waals surface area contributed by atoms with Crippen LogP contribution in [-0.2, 0) is 12.8 Å². The summed E-state index contributed by atoms with van der Waals surface area (Å²) in [4.78, 5) is 0. The van der Waals surface area contributed by atoms with Gasteiger partial charge in [-0.15, -0.1) is 0 Å². The highest BCUT2D eigenvalue weighted by atomic mass is 19.2. The highest BCUT2D eigenvalue weighted by Crippen LogP contribution is 2.16. The predicted octanol–water partition coefficient (Wildman–Crippen LogP) is 3.03. The van der Waals surface area contributed by atoms with Gasteiger partial charge in [0.1, 0.15) is 5.82 Å². The molecule has 5 heteroatoms. The van der Waals surface area contributed by atoms with Crippen LogP contribution in [0.15, 0.2) is 36.4 Å². The number of hydrogen-bond acceptors (Lipinski definition) is 2. The van der Waals surface area contributed by atoms with Crippen molar-refractivity contribution in [2.24, 2.45) is 5.84 Å². The molecule has 3 N–H and O–H groups in total. The number of rotatable bonds is 5. The maximum Gasteiger partial charge on any atom is 0.159 e. The number of halogens is 3.